The molecule has 0 aromatic carbocycles. The highest BCUT2D eigenvalue weighted by Crippen LogP contribution is 2.26. The van der Waals surface area contributed by atoms with Crippen LogP contribution in [0.3, 0.4) is 0 Å². The number of rotatable bonds is 4. The number of amides is 2. The van der Waals surface area contributed by atoms with Gasteiger partial charge in [-0.3, -0.25) is 9.59 Å². The average molecular weight is 307 g/mol. The van der Waals surface area contributed by atoms with E-state index in [4.69, 9.17) is 0 Å². The van der Waals surface area contributed by atoms with E-state index < -0.39 is 0 Å². The third-order valence-corrected chi connectivity index (χ3v) is 4.22. The number of aryl methyl sites for hydroxylation is 1. The van der Waals surface area contributed by atoms with Gasteiger partial charge < -0.3 is 14.7 Å². The number of piperazine rings is 1. The molecule has 0 radical (unpaired) electrons. The molecule has 0 N–H and O–H groups in total. The van der Waals surface area contributed by atoms with E-state index in [1.165, 1.54) is 0 Å². The monoisotopic (exact) mass is 307 g/mol. The van der Waals surface area contributed by atoms with Crippen LogP contribution in [-0.4, -0.2) is 61.9 Å². The van der Waals surface area contributed by atoms with Crippen LogP contribution in [-0.2, 0) is 9.59 Å². The molecule has 1 saturated heterocycles. The van der Waals surface area contributed by atoms with E-state index in [9.17, 15) is 9.59 Å². The van der Waals surface area contributed by atoms with Gasteiger partial charge in [0, 0.05) is 30.6 Å². The Hall–Kier alpha value is -1.66. The van der Waals surface area contributed by atoms with Crippen molar-refractivity contribution < 1.29 is 9.59 Å². The Morgan fingerprint density at radius 3 is 2.76 bits per heavy atom. The van der Waals surface area contributed by atoms with Crippen LogP contribution < -0.4 is 4.90 Å². The first kappa shape index (κ1) is 15.7. The van der Waals surface area contributed by atoms with Crippen LogP contribution in [0.5, 0.6) is 0 Å². The molecule has 2 amide bonds. The summed E-state index contributed by atoms with van der Waals surface area (Å²) >= 11 is 1.63. The third-order valence-electron chi connectivity index (χ3n) is 3.39. The second-order valence-corrected chi connectivity index (χ2v) is 6.45. The molecule has 1 aliphatic heterocycles. The Bertz CT molecular complexity index is 551. The average Bonchev–Trinajstić information content (AvgIpc) is 2.84. The summed E-state index contributed by atoms with van der Waals surface area (Å²) in [6.07, 6.45) is 3.38. The van der Waals surface area contributed by atoms with Gasteiger partial charge in [0.2, 0.25) is 11.8 Å². The fourth-order valence-corrected chi connectivity index (χ4v) is 2.94. The maximum Gasteiger partial charge on any atom is 0.246 e. The predicted octanol–water partition coefficient (Wildman–Crippen LogP) is 1.35. The van der Waals surface area contributed by atoms with Crippen molar-refractivity contribution in [3.8, 4) is 0 Å². The van der Waals surface area contributed by atoms with E-state index in [0.29, 0.717) is 19.6 Å². The Kier molecular flexibility index (Phi) is 5.14. The molecule has 0 saturated carbocycles. The zero-order chi connectivity index (χ0) is 15.4. The highest BCUT2D eigenvalue weighted by Gasteiger charge is 2.28. The number of likely N-dealkylation sites (N-methyl/N-ethyl adjacent to an activating group) is 1. The fraction of sp³-hybridized carbons (Fsp3) is 0.467. The lowest BCUT2D eigenvalue weighted by molar-refractivity contribution is -0.133. The summed E-state index contributed by atoms with van der Waals surface area (Å²) in [5.74, 6) is -0.107. The number of nitrogens with zero attached hydrogens (tertiary/aromatic N) is 3. The molecule has 1 fully saturated rings. The van der Waals surface area contributed by atoms with Crippen LogP contribution in [0, 0.1) is 6.92 Å². The van der Waals surface area contributed by atoms with Crippen molar-refractivity contribution in [2.45, 2.75) is 6.92 Å². The van der Waals surface area contributed by atoms with Gasteiger partial charge in [0.25, 0.3) is 0 Å². The quantitative estimate of drug-likeness (QED) is 0.789. The maximum atomic E-state index is 12.2. The molecule has 2 rings (SSSR count). The van der Waals surface area contributed by atoms with Gasteiger partial charge in [-0.05, 0) is 32.5 Å². The fourth-order valence-electron chi connectivity index (χ4n) is 2.24. The van der Waals surface area contributed by atoms with Crippen LogP contribution in [0.2, 0.25) is 0 Å². The van der Waals surface area contributed by atoms with E-state index in [1.54, 1.807) is 27.2 Å². The highest BCUT2D eigenvalue weighted by molar-refractivity contribution is 7.10. The SMILES string of the molecule is Cc1sccc1N1CCN(C(=O)/C=C/CN(C)C)CC1=O. The molecule has 0 aliphatic carbocycles. The second-order valence-electron chi connectivity index (χ2n) is 5.33. The molecule has 2 heterocycles. The first-order valence-corrected chi connectivity index (χ1v) is 7.81. The molecule has 1 aromatic rings. The van der Waals surface area contributed by atoms with Gasteiger partial charge in [-0.15, -0.1) is 11.3 Å². The Morgan fingerprint density at radius 1 is 1.43 bits per heavy atom. The molecule has 21 heavy (non-hydrogen) atoms. The zero-order valence-corrected chi connectivity index (χ0v) is 13.5. The Balaban J connectivity index is 1.95. The lowest BCUT2D eigenvalue weighted by atomic mass is 10.2. The van der Waals surface area contributed by atoms with E-state index in [-0.39, 0.29) is 18.4 Å². The van der Waals surface area contributed by atoms with Crippen molar-refractivity contribution in [1.29, 1.82) is 0 Å². The van der Waals surface area contributed by atoms with Crippen molar-refractivity contribution >= 4 is 28.8 Å². The minimum absolute atomic E-state index is 0.0166. The summed E-state index contributed by atoms with van der Waals surface area (Å²) in [5, 5.41) is 1.99. The first-order chi connectivity index (χ1) is 9.99. The molecule has 1 aliphatic rings. The summed E-state index contributed by atoms with van der Waals surface area (Å²) in [6, 6.07) is 1.96. The van der Waals surface area contributed by atoms with Gasteiger partial charge in [-0.1, -0.05) is 6.08 Å². The molecule has 0 spiro atoms. The van der Waals surface area contributed by atoms with Crippen molar-refractivity contribution in [3.05, 3.63) is 28.5 Å². The summed E-state index contributed by atoms with van der Waals surface area (Å²) in [7, 11) is 3.89. The molecular formula is C15H21N3O2S. The lowest BCUT2D eigenvalue weighted by Crippen LogP contribution is -2.52. The van der Waals surface area contributed by atoms with Crippen LogP contribution in [0.15, 0.2) is 23.6 Å². The molecule has 5 nitrogen and oxygen atoms in total. The van der Waals surface area contributed by atoms with E-state index >= 15 is 0 Å². The number of carbonyl (C=O) groups excluding carboxylic acids is 2. The molecule has 0 bridgehead atoms. The van der Waals surface area contributed by atoms with Crippen LogP contribution in [0.4, 0.5) is 5.69 Å². The van der Waals surface area contributed by atoms with Gasteiger partial charge in [0.05, 0.1) is 5.69 Å². The van der Waals surface area contributed by atoms with Crippen molar-refractivity contribution in [3.63, 3.8) is 0 Å². The summed E-state index contributed by atoms with van der Waals surface area (Å²) in [5.41, 5.74) is 0.972. The van der Waals surface area contributed by atoms with Gasteiger partial charge in [0.1, 0.15) is 6.54 Å². The summed E-state index contributed by atoms with van der Waals surface area (Å²) in [4.78, 5) is 30.8. The molecule has 6 heteroatoms. The highest BCUT2D eigenvalue weighted by atomic mass is 32.1. The van der Waals surface area contributed by atoms with Gasteiger partial charge >= 0.3 is 0 Å². The topological polar surface area (TPSA) is 43.9 Å². The van der Waals surface area contributed by atoms with Crippen molar-refractivity contribution in [2.75, 3.05) is 45.2 Å². The maximum absolute atomic E-state index is 12.2. The number of hydrogen-bond donors (Lipinski definition) is 0. The molecular weight excluding hydrogens is 286 g/mol. The number of thiophene rings is 1. The van der Waals surface area contributed by atoms with Crippen molar-refractivity contribution in [1.82, 2.24) is 9.80 Å². The number of carbonyl (C=O) groups is 2. The number of hydrogen-bond acceptors (Lipinski definition) is 4. The van der Waals surface area contributed by atoms with E-state index in [2.05, 4.69) is 0 Å². The third kappa shape index (κ3) is 3.92. The lowest BCUT2D eigenvalue weighted by Gasteiger charge is -2.33. The minimum atomic E-state index is -0.0908. The van der Waals surface area contributed by atoms with Crippen LogP contribution in [0.1, 0.15) is 4.88 Å². The van der Waals surface area contributed by atoms with Crippen LogP contribution in [0.25, 0.3) is 0 Å². The van der Waals surface area contributed by atoms with E-state index in [0.717, 1.165) is 10.6 Å². The minimum Gasteiger partial charge on any atom is -0.328 e. The summed E-state index contributed by atoms with van der Waals surface area (Å²) < 4.78 is 0. The molecule has 114 valence electrons. The normalized spacial score (nSPS) is 16.3. The smallest absolute Gasteiger partial charge is 0.246 e. The zero-order valence-electron chi connectivity index (χ0n) is 12.7. The Morgan fingerprint density at radius 2 is 2.19 bits per heavy atom. The molecule has 0 unspecified atom stereocenters. The molecule has 1 aromatic heterocycles. The molecule has 0 atom stereocenters. The standard InChI is InChI=1S/C15H21N3O2S/c1-12-13(6-10-21-12)18-9-8-17(11-15(18)20)14(19)5-4-7-16(2)3/h4-6,10H,7-9,11H2,1-3H3/b5-4+. The Labute approximate surface area is 129 Å². The van der Waals surface area contributed by atoms with Crippen LogP contribution >= 0.6 is 11.3 Å². The van der Waals surface area contributed by atoms with E-state index in [1.807, 2.05) is 43.4 Å². The van der Waals surface area contributed by atoms with Gasteiger partial charge in [0.15, 0.2) is 0 Å². The number of anilines is 1. The predicted molar refractivity (Wildman–Crippen MR) is 85.7 cm³/mol. The van der Waals surface area contributed by atoms with Gasteiger partial charge in [-0.25, -0.2) is 0 Å². The van der Waals surface area contributed by atoms with Crippen molar-refractivity contribution in [2.24, 2.45) is 0 Å². The summed E-state index contributed by atoms with van der Waals surface area (Å²) in [6.45, 7) is 4.01. The largest absolute Gasteiger partial charge is 0.328 e. The second kappa shape index (κ2) is 6.87. The first-order valence-electron chi connectivity index (χ1n) is 6.93. The van der Waals surface area contributed by atoms with Gasteiger partial charge in [-0.2, -0.15) is 0 Å².